The van der Waals surface area contributed by atoms with Gasteiger partial charge in [0.25, 0.3) is 0 Å². The van der Waals surface area contributed by atoms with E-state index in [1.807, 2.05) is 49.1 Å². The molecule has 1 aromatic carbocycles. The van der Waals surface area contributed by atoms with Crippen molar-refractivity contribution >= 4 is 17.6 Å². The summed E-state index contributed by atoms with van der Waals surface area (Å²) in [6, 6.07) is 9.76. The molecule has 4 N–H and O–H groups in total. The van der Waals surface area contributed by atoms with Crippen molar-refractivity contribution in [3.05, 3.63) is 30.3 Å². The molecule has 0 fully saturated rings. The molecule has 0 unspecified atom stereocenters. The Balaban J connectivity index is 0.00000144. The maximum absolute atomic E-state index is 5.89. The molecule has 0 saturated carbocycles. The molecule has 1 aliphatic heterocycles. The van der Waals surface area contributed by atoms with Gasteiger partial charge in [0.05, 0.1) is 0 Å². The zero-order chi connectivity index (χ0) is 11.8. The van der Waals surface area contributed by atoms with Gasteiger partial charge >= 0.3 is 0 Å². The van der Waals surface area contributed by atoms with Crippen LogP contribution >= 0.6 is 0 Å². The highest BCUT2D eigenvalue weighted by Gasteiger charge is 2.32. The number of guanidine groups is 2. The first-order valence-corrected chi connectivity index (χ1v) is 5.05. The van der Waals surface area contributed by atoms with Gasteiger partial charge in [0.15, 0.2) is 0 Å². The number of nitrogens with two attached hydrogens (primary N) is 2. The smallest absolute Gasteiger partial charge is 0.220 e. The van der Waals surface area contributed by atoms with E-state index in [9.17, 15) is 0 Å². The fourth-order valence-corrected chi connectivity index (χ4v) is 1.83. The van der Waals surface area contributed by atoms with Crippen LogP contribution in [0, 0.1) is 0 Å². The van der Waals surface area contributed by atoms with E-state index in [0.717, 1.165) is 5.69 Å². The minimum Gasteiger partial charge on any atom is -1.00 e. The van der Waals surface area contributed by atoms with Crippen LogP contribution in [0.3, 0.4) is 0 Å². The lowest BCUT2D eigenvalue weighted by molar-refractivity contribution is -0.00000425. The van der Waals surface area contributed by atoms with Gasteiger partial charge in [-0.2, -0.15) is 4.99 Å². The van der Waals surface area contributed by atoms with Crippen molar-refractivity contribution in [3.8, 4) is 0 Å². The van der Waals surface area contributed by atoms with Crippen LogP contribution in [-0.2, 0) is 0 Å². The first-order valence-electron chi connectivity index (χ1n) is 5.05. The van der Waals surface area contributed by atoms with Crippen molar-refractivity contribution in [1.82, 2.24) is 0 Å². The third kappa shape index (κ3) is 2.50. The third-order valence-electron chi connectivity index (χ3n) is 2.41. The molecule has 92 valence electrons. The molecule has 0 saturated heterocycles. The molecular weight excluding hydrogens is 238 g/mol. The van der Waals surface area contributed by atoms with Gasteiger partial charge in [-0.05, 0) is 26.0 Å². The zero-order valence-electron chi connectivity index (χ0n) is 9.76. The quantitative estimate of drug-likeness (QED) is 0.600. The van der Waals surface area contributed by atoms with E-state index in [1.165, 1.54) is 0 Å². The lowest BCUT2D eigenvalue weighted by Gasteiger charge is -2.38. The topological polar surface area (TPSA) is 80.0 Å². The van der Waals surface area contributed by atoms with Crippen LogP contribution in [0.5, 0.6) is 0 Å². The Hall–Kier alpha value is -1.75. The zero-order valence-corrected chi connectivity index (χ0v) is 10.5. The summed E-state index contributed by atoms with van der Waals surface area (Å²) in [4.78, 5) is 10.1. The molecule has 1 aromatic rings. The second kappa shape index (κ2) is 4.63. The molecule has 0 atom stereocenters. The van der Waals surface area contributed by atoms with Crippen molar-refractivity contribution in [3.63, 3.8) is 0 Å². The highest BCUT2D eigenvalue weighted by Crippen LogP contribution is 2.26. The van der Waals surface area contributed by atoms with Crippen molar-refractivity contribution < 1.29 is 12.4 Å². The van der Waals surface area contributed by atoms with E-state index in [1.54, 1.807) is 0 Å². The largest absolute Gasteiger partial charge is 1.00 e. The maximum Gasteiger partial charge on any atom is 0.220 e. The molecule has 0 bridgehead atoms. The number of nitrogens with zero attached hydrogens (tertiary/aromatic N) is 3. The molecule has 0 aromatic heterocycles. The van der Waals surface area contributed by atoms with Gasteiger partial charge in [0, 0.05) is 5.69 Å². The molecule has 2 rings (SSSR count). The minimum absolute atomic E-state index is 0. The second-order valence-corrected chi connectivity index (χ2v) is 4.11. The fraction of sp³-hybridized carbons (Fsp3) is 0.273. The lowest BCUT2D eigenvalue weighted by Crippen LogP contribution is -3.00. The number of rotatable bonds is 1. The molecule has 0 radical (unpaired) electrons. The van der Waals surface area contributed by atoms with Crippen LogP contribution < -0.4 is 28.8 Å². The van der Waals surface area contributed by atoms with Crippen LogP contribution in [-0.4, -0.2) is 17.6 Å². The molecule has 0 aliphatic carbocycles. The van der Waals surface area contributed by atoms with E-state index < -0.39 is 5.66 Å². The SMILES string of the molecule is CC1(C)N=C(N)N=C(N)N1c1ccccc1.[Cl-]. The molecule has 0 amide bonds. The monoisotopic (exact) mass is 252 g/mol. The summed E-state index contributed by atoms with van der Waals surface area (Å²) in [5.41, 5.74) is 11.9. The first kappa shape index (κ1) is 13.3. The summed E-state index contributed by atoms with van der Waals surface area (Å²) in [6.07, 6.45) is 0. The summed E-state index contributed by atoms with van der Waals surface area (Å²) in [6.45, 7) is 3.88. The van der Waals surface area contributed by atoms with E-state index in [2.05, 4.69) is 9.98 Å². The second-order valence-electron chi connectivity index (χ2n) is 4.11. The molecule has 17 heavy (non-hydrogen) atoms. The van der Waals surface area contributed by atoms with Crippen molar-refractivity contribution in [2.45, 2.75) is 19.5 Å². The van der Waals surface area contributed by atoms with Crippen LogP contribution in [0.2, 0.25) is 0 Å². The Bertz CT molecular complexity index is 452. The van der Waals surface area contributed by atoms with Gasteiger partial charge < -0.3 is 23.9 Å². The van der Waals surface area contributed by atoms with Crippen molar-refractivity contribution in [1.29, 1.82) is 0 Å². The molecule has 5 nitrogen and oxygen atoms in total. The van der Waals surface area contributed by atoms with Gasteiger partial charge in [-0.3, -0.25) is 4.90 Å². The average molecular weight is 253 g/mol. The number of anilines is 1. The number of aliphatic imine (C=N–C) groups is 2. The molecule has 0 spiro atoms. The number of hydrogen-bond donors (Lipinski definition) is 2. The molecule has 1 aliphatic rings. The number of para-hydroxylation sites is 1. The maximum atomic E-state index is 5.89. The van der Waals surface area contributed by atoms with E-state index in [4.69, 9.17) is 11.5 Å². The fourth-order valence-electron chi connectivity index (χ4n) is 1.83. The predicted molar refractivity (Wildman–Crippen MR) is 66.2 cm³/mol. The van der Waals surface area contributed by atoms with Crippen molar-refractivity contribution in [2.75, 3.05) is 4.90 Å². The van der Waals surface area contributed by atoms with Crippen LogP contribution in [0.15, 0.2) is 40.3 Å². The molecule has 6 heteroatoms. The Morgan fingerprint density at radius 2 is 1.71 bits per heavy atom. The average Bonchev–Trinajstić information content (AvgIpc) is 2.15. The van der Waals surface area contributed by atoms with E-state index >= 15 is 0 Å². The molecule has 1 heterocycles. The lowest BCUT2D eigenvalue weighted by atomic mass is 10.1. The Morgan fingerprint density at radius 1 is 1.12 bits per heavy atom. The van der Waals surface area contributed by atoms with Crippen LogP contribution in [0.4, 0.5) is 5.69 Å². The van der Waals surface area contributed by atoms with Crippen molar-refractivity contribution in [2.24, 2.45) is 21.5 Å². The number of benzene rings is 1. The summed E-state index contributed by atoms with van der Waals surface area (Å²) in [7, 11) is 0. The first-order chi connectivity index (χ1) is 7.50. The predicted octanol–water partition coefficient (Wildman–Crippen LogP) is -2.12. The Morgan fingerprint density at radius 3 is 2.24 bits per heavy atom. The van der Waals surface area contributed by atoms with Gasteiger partial charge in [0.2, 0.25) is 11.9 Å². The Labute approximate surface area is 107 Å². The minimum atomic E-state index is -0.517. The van der Waals surface area contributed by atoms with E-state index in [-0.39, 0.29) is 18.4 Å². The summed E-state index contributed by atoms with van der Waals surface area (Å²) < 4.78 is 0. The van der Waals surface area contributed by atoms with E-state index in [0.29, 0.717) is 5.96 Å². The standard InChI is InChI=1S/C11H15N5.ClH/c1-11(2)15-9(12)14-10(13)16(11)8-6-4-3-5-7-8;/h3-7H,1-2H3,(H4,12,13,14,15);1H/p-1. The number of hydrogen-bond acceptors (Lipinski definition) is 5. The van der Waals surface area contributed by atoms with Gasteiger partial charge in [0.1, 0.15) is 5.66 Å². The highest BCUT2D eigenvalue weighted by atomic mass is 35.5. The van der Waals surface area contributed by atoms with Gasteiger partial charge in [-0.15, -0.1) is 0 Å². The summed E-state index contributed by atoms with van der Waals surface area (Å²) in [5, 5.41) is 0. The number of halogens is 1. The third-order valence-corrected chi connectivity index (χ3v) is 2.41. The van der Waals surface area contributed by atoms with Gasteiger partial charge in [-0.1, -0.05) is 18.2 Å². The Kier molecular flexibility index (Phi) is 3.63. The van der Waals surface area contributed by atoms with Crippen LogP contribution in [0.1, 0.15) is 13.8 Å². The summed E-state index contributed by atoms with van der Waals surface area (Å²) in [5.74, 6) is 0.582. The summed E-state index contributed by atoms with van der Waals surface area (Å²) >= 11 is 0. The normalized spacial score (nSPS) is 17.9. The van der Waals surface area contributed by atoms with Gasteiger partial charge in [-0.25, -0.2) is 4.99 Å². The van der Waals surface area contributed by atoms with Crippen LogP contribution in [0.25, 0.3) is 0 Å². The molecular formula is C11H15ClN5-. The highest BCUT2D eigenvalue weighted by molar-refractivity contribution is 6.05.